The van der Waals surface area contributed by atoms with Crippen LogP contribution in [0.15, 0.2) is 18.2 Å². The van der Waals surface area contributed by atoms with E-state index < -0.39 is 29.6 Å². The van der Waals surface area contributed by atoms with Crippen molar-refractivity contribution in [2.45, 2.75) is 25.0 Å². The van der Waals surface area contributed by atoms with E-state index in [1.807, 2.05) is 0 Å². The van der Waals surface area contributed by atoms with Gasteiger partial charge in [0.25, 0.3) is 0 Å². The van der Waals surface area contributed by atoms with E-state index in [1.54, 1.807) is 0 Å². The van der Waals surface area contributed by atoms with Gasteiger partial charge in [-0.25, -0.2) is 4.39 Å². The van der Waals surface area contributed by atoms with Crippen molar-refractivity contribution >= 4 is 11.6 Å². The molecular weight excluding hydrogens is 289 g/mol. The summed E-state index contributed by atoms with van der Waals surface area (Å²) in [5.74, 6) is -2.05. The summed E-state index contributed by atoms with van der Waals surface area (Å²) in [4.78, 5) is 12.1. The van der Waals surface area contributed by atoms with Gasteiger partial charge >= 0.3 is 6.61 Å². The first-order chi connectivity index (χ1) is 9.90. The Balaban J connectivity index is 2.05. The Morgan fingerprint density at radius 1 is 1.38 bits per heavy atom. The van der Waals surface area contributed by atoms with Crippen LogP contribution in [0, 0.1) is 5.82 Å². The second kappa shape index (κ2) is 6.31. The van der Waals surface area contributed by atoms with Gasteiger partial charge in [-0.05, 0) is 25.0 Å². The maximum Gasteiger partial charge on any atom is 0.387 e. The Morgan fingerprint density at radius 2 is 2.05 bits per heavy atom. The van der Waals surface area contributed by atoms with E-state index in [1.165, 1.54) is 6.07 Å². The molecule has 1 fully saturated rings. The van der Waals surface area contributed by atoms with E-state index in [-0.39, 0.29) is 5.69 Å². The van der Waals surface area contributed by atoms with Crippen LogP contribution in [-0.2, 0) is 9.53 Å². The van der Waals surface area contributed by atoms with Crippen molar-refractivity contribution in [3.05, 3.63) is 24.0 Å². The van der Waals surface area contributed by atoms with E-state index in [0.717, 1.165) is 12.1 Å². The van der Waals surface area contributed by atoms with Crippen molar-refractivity contribution in [2.75, 3.05) is 18.5 Å². The summed E-state index contributed by atoms with van der Waals surface area (Å²) in [6, 6.07) is 3.18. The van der Waals surface area contributed by atoms with Gasteiger partial charge < -0.3 is 20.5 Å². The van der Waals surface area contributed by atoms with Crippen molar-refractivity contribution in [1.82, 2.24) is 0 Å². The van der Waals surface area contributed by atoms with Crippen molar-refractivity contribution in [3.63, 3.8) is 0 Å². The highest BCUT2D eigenvalue weighted by Gasteiger charge is 2.36. The minimum Gasteiger partial charge on any atom is -0.432 e. The average Bonchev–Trinajstić information content (AvgIpc) is 2.42. The molecule has 0 aromatic heterocycles. The van der Waals surface area contributed by atoms with E-state index in [9.17, 15) is 18.0 Å². The van der Waals surface area contributed by atoms with Gasteiger partial charge in [0.15, 0.2) is 11.6 Å². The fourth-order valence-electron chi connectivity index (χ4n) is 1.99. The normalized spacial score (nSPS) is 17.6. The largest absolute Gasteiger partial charge is 0.432 e. The van der Waals surface area contributed by atoms with Gasteiger partial charge in [0.05, 0.1) is 0 Å². The number of nitrogens with one attached hydrogen (secondary N) is 1. The Bertz CT molecular complexity index is 519. The first-order valence-electron chi connectivity index (χ1n) is 6.33. The molecule has 1 aliphatic rings. The summed E-state index contributed by atoms with van der Waals surface area (Å²) < 4.78 is 46.7. The van der Waals surface area contributed by atoms with Gasteiger partial charge in [0, 0.05) is 25.0 Å². The van der Waals surface area contributed by atoms with Crippen LogP contribution in [0.1, 0.15) is 12.8 Å². The maximum absolute atomic E-state index is 13.5. The summed E-state index contributed by atoms with van der Waals surface area (Å²) in [6.07, 6.45) is 0.710. The van der Waals surface area contributed by atoms with Gasteiger partial charge in [-0.2, -0.15) is 8.78 Å². The molecule has 2 rings (SSSR count). The lowest BCUT2D eigenvalue weighted by atomic mass is 9.90. The third kappa shape index (κ3) is 3.85. The molecular formula is C13H15F3N2O3. The maximum atomic E-state index is 13.5. The second-order valence-corrected chi connectivity index (χ2v) is 4.75. The predicted octanol–water partition coefficient (Wildman–Crippen LogP) is 1.87. The van der Waals surface area contributed by atoms with Crippen LogP contribution in [-0.4, -0.2) is 31.3 Å². The average molecular weight is 304 g/mol. The number of carbonyl (C=O) groups is 1. The third-order valence-electron chi connectivity index (χ3n) is 3.24. The molecule has 1 aromatic rings. The number of anilines is 1. The second-order valence-electron chi connectivity index (χ2n) is 4.75. The van der Waals surface area contributed by atoms with Gasteiger partial charge in [-0.3, -0.25) is 4.79 Å². The quantitative estimate of drug-likeness (QED) is 0.890. The van der Waals surface area contributed by atoms with Crippen LogP contribution in [0.4, 0.5) is 18.9 Å². The number of halogens is 3. The van der Waals surface area contributed by atoms with Gasteiger partial charge in [-0.15, -0.1) is 0 Å². The summed E-state index contributed by atoms with van der Waals surface area (Å²) in [5.41, 5.74) is 5.02. The summed E-state index contributed by atoms with van der Waals surface area (Å²) in [7, 11) is 0. The highest BCUT2D eigenvalue weighted by atomic mass is 19.3. The van der Waals surface area contributed by atoms with Crippen molar-refractivity contribution in [1.29, 1.82) is 0 Å². The van der Waals surface area contributed by atoms with E-state index in [2.05, 4.69) is 10.1 Å². The highest BCUT2D eigenvalue weighted by Crippen LogP contribution is 2.25. The Labute approximate surface area is 119 Å². The molecule has 5 nitrogen and oxygen atoms in total. The molecule has 1 heterocycles. The predicted molar refractivity (Wildman–Crippen MR) is 68.6 cm³/mol. The first kappa shape index (κ1) is 15.6. The number of carbonyl (C=O) groups excluding carboxylic acids is 1. The zero-order valence-electron chi connectivity index (χ0n) is 11.1. The number of benzene rings is 1. The van der Waals surface area contributed by atoms with Gasteiger partial charge in [0.2, 0.25) is 5.91 Å². The molecule has 8 heteroatoms. The fraction of sp³-hybridized carbons (Fsp3) is 0.462. The van der Waals surface area contributed by atoms with Crippen LogP contribution in [0.3, 0.4) is 0 Å². The monoisotopic (exact) mass is 304 g/mol. The minimum atomic E-state index is -3.12. The number of hydrogen-bond donors (Lipinski definition) is 2. The number of rotatable bonds is 4. The van der Waals surface area contributed by atoms with E-state index >= 15 is 0 Å². The van der Waals surface area contributed by atoms with Crippen molar-refractivity contribution in [2.24, 2.45) is 5.73 Å². The van der Waals surface area contributed by atoms with Crippen LogP contribution >= 0.6 is 0 Å². The number of hydrogen-bond acceptors (Lipinski definition) is 4. The number of nitrogens with two attached hydrogens (primary N) is 1. The van der Waals surface area contributed by atoms with Crippen LogP contribution in [0.2, 0.25) is 0 Å². The number of alkyl halides is 2. The molecule has 1 aromatic carbocycles. The number of ether oxygens (including phenoxy) is 2. The SMILES string of the molecule is NC1(C(=O)Nc2ccc(OC(F)F)c(F)c2)CCOCC1. The molecule has 0 aliphatic carbocycles. The van der Waals surface area contributed by atoms with E-state index in [0.29, 0.717) is 26.1 Å². The minimum absolute atomic E-state index is 0.121. The molecule has 0 atom stereocenters. The fourth-order valence-corrected chi connectivity index (χ4v) is 1.99. The van der Waals surface area contributed by atoms with Crippen LogP contribution in [0.5, 0.6) is 5.75 Å². The zero-order chi connectivity index (χ0) is 15.5. The Morgan fingerprint density at radius 3 is 2.62 bits per heavy atom. The smallest absolute Gasteiger partial charge is 0.387 e. The highest BCUT2D eigenvalue weighted by molar-refractivity contribution is 5.98. The molecule has 0 bridgehead atoms. The Hall–Kier alpha value is -1.80. The summed E-state index contributed by atoms with van der Waals surface area (Å²) in [5, 5.41) is 2.47. The van der Waals surface area contributed by atoms with Gasteiger partial charge in [-0.1, -0.05) is 0 Å². The summed E-state index contributed by atoms with van der Waals surface area (Å²) in [6.45, 7) is -2.37. The third-order valence-corrected chi connectivity index (χ3v) is 3.24. The van der Waals surface area contributed by atoms with Crippen LogP contribution < -0.4 is 15.8 Å². The molecule has 3 N–H and O–H groups in total. The molecule has 0 spiro atoms. The topological polar surface area (TPSA) is 73.6 Å². The standard InChI is InChI=1S/C13H15F3N2O3/c14-9-7-8(1-2-10(9)21-12(15)16)18-11(19)13(17)3-5-20-6-4-13/h1-2,7,12H,3-6,17H2,(H,18,19). The zero-order valence-corrected chi connectivity index (χ0v) is 11.1. The lowest BCUT2D eigenvalue weighted by molar-refractivity contribution is -0.124. The molecule has 1 saturated heterocycles. The first-order valence-corrected chi connectivity index (χ1v) is 6.33. The summed E-state index contributed by atoms with van der Waals surface area (Å²) >= 11 is 0. The Kier molecular flexibility index (Phi) is 4.69. The lowest BCUT2D eigenvalue weighted by Gasteiger charge is -2.31. The number of amides is 1. The van der Waals surface area contributed by atoms with Crippen molar-refractivity contribution in [3.8, 4) is 5.75 Å². The molecule has 21 heavy (non-hydrogen) atoms. The molecule has 0 radical (unpaired) electrons. The molecule has 0 saturated carbocycles. The molecule has 1 aliphatic heterocycles. The van der Waals surface area contributed by atoms with E-state index in [4.69, 9.17) is 10.5 Å². The van der Waals surface area contributed by atoms with Crippen LogP contribution in [0.25, 0.3) is 0 Å². The van der Waals surface area contributed by atoms with Crippen molar-refractivity contribution < 1.29 is 27.4 Å². The lowest BCUT2D eigenvalue weighted by Crippen LogP contribution is -2.54. The molecule has 1 amide bonds. The van der Waals surface area contributed by atoms with Gasteiger partial charge in [0.1, 0.15) is 5.54 Å². The molecule has 116 valence electrons. The molecule has 0 unspecified atom stereocenters.